The van der Waals surface area contributed by atoms with Gasteiger partial charge in [0.05, 0.1) is 0 Å². The number of fused-ring (bicyclic) bond motifs is 3. The van der Waals surface area contributed by atoms with Crippen LogP contribution < -0.4 is 37.2 Å². The Labute approximate surface area is 133 Å². The molecule has 0 aromatic heterocycles. The van der Waals surface area contributed by atoms with Crippen LogP contribution in [0.2, 0.25) is 0 Å². The van der Waals surface area contributed by atoms with E-state index in [0.717, 1.165) is 16.1 Å². The van der Waals surface area contributed by atoms with E-state index in [2.05, 4.69) is 56.9 Å². The van der Waals surface area contributed by atoms with Crippen molar-refractivity contribution in [3.8, 4) is 0 Å². The third kappa shape index (κ3) is 2.93. The number of hydrogen-bond acceptors (Lipinski definition) is 0. The van der Waals surface area contributed by atoms with Crippen LogP contribution >= 0.6 is 0 Å². The fourth-order valence-corrected chi connectivity index (χ4v) is 3.88. The Kier molecular flexibility index (Phi) is 7.44. The van der Waals surface area contributed by atoms with E-state index in [1.54, 1.807) is 11.1 Å². The average molecular weight is 323 g/mol. The van der Waals surface area contributed by atoms with Gasteiger partial charge in [-0.3, -0.25) is 0 Å². The van der Waals surface area contributed by atoms with Crippen LogP contribution in [0.25, 0.3) is 0 Å². The van der Waals surface area contributed by atoms with Gasteiger partial charge in [-0.1, -0.05) is 0 Å². The SMILES string of the molecule is [Cl-].[Cl-].[Cl-].[Ti+3][CH]1c2ccccc2C2C=CCCC12. The summed E-state index contributed by atoms with van der Waals surface area (Å²) in [5, 5.41) is 0. The maximum absolute atomic E-state index is 2.43. The minimum absolute atomic E-state index is 0. The van der Waals surface area contributed by atoms with Gasteiger partial charge in [-0.05, 0) is 0 Å². The van der Waals surface area contributed by atoms with Crippen molar-refractivity contribution in [2.75, 3.05) is 0 Å². The Morgan fingerprint density at radius 3 is 2.35 bits per heavy atom. The zero-order valence-corrected chi connectivity index (χ0v) is 13.1. The van der Waals surface area contributed by atoms with Gasteiger partial charge in [0.1, 0.15) is 0 Å². The summed E-state index contributed by atoms with van der Waals surface area (Å²) in [6.07, 6.45) is 7.43. The van der Waals surface area contributed by atoms with Gasteiger partial charge in [-0.2, -0.15) is 0 Å². The summed E-state index contributed by atoms with van der Waals surface area (Å²) >= 11 is 2.39. The van der Waals surface area contributed by atoms with Crippen LogP contribution in [0, 0.1) is 5.92 Å². The molecule has 3 rings (SSSR count). The molecule has 3 unspecified atom stereocenters. The standard InChI is InChI=1S/C13H13.3ClH.Ti/c1-3-7-12-10(5-1)9-11-6-2-4-8-13(11)12;;;;/h1,3-5,7-9,11,13H,2,6H2;3*1H;/q;;;;+3/p-3. The van der Waals surface area contributed by atoms with Gasteiger partial charge in [0.15, 0.2) is 0 Å². The molecule has 2 aliphatic rings. The molecule has 0 N–H and O–H groups in total. The molecule has 17 heavy (non-hydrogen) atoms. The molecule has 0 spiro atoms. The summed E-state index contributed by atoms with van der Waals surface area (Å²) in [6, 6.07) is 8.98. The van der Waals surface area contributed by atoms with E-state index in [9.17, 15) is 0 Å². The third-order valence-electron chi connectivity index (χ3n) is 3.59. The summed E-state index contributed by atoms with van der Waals surface area (Å²) in [6.45, 7) is 0. The van der Waals surface area contributed by atoms with Gasteiger partial charge in [-0.15, -0.1) is 0 Å². The van der Waals surface area contributed by atoms with Crippen molar-refractivity contribution >= 4 is 0 Å². The van der Waals surface area contributed by atoms with Gasteiger partial charge >= 0.3 is 96.9 Å². The molecule has 0 nitrogen and oxygen atoms in total. The fraction of sp³-hybridized carbons (Fsp3) is 0.385. The molecule has 1 aromatic rings. The zero-order valence-electron chi connectivity index (χ0n) is 9.24. The minimum atomic E-state index is 0. The zero-order chi connectivity index (χ0) is 9.54. The van der Waals surface area contributed by atoms with E-state index in [0.29, 0.717) is 0 Å². The molecule has 0 saturated carbocycles. The van der Waals surface area contributed by atoms with E-state index < -0.39 is 0 Å². The van der Waals surface area contributed by atoms with Crippen molar-refractivity contribution in [3.05, 3.63) is 47.5 Å². The molecule has 0 amide bonds. The number of hydrogen-bond donors (Lipinski definition) is 0. The van der Waals surface area contributed by atoms with Crippen LogP contribution in [0.5, 0.6) is 0 Å². The molecule has 1 aromatic carbocycles. The van der Waals surface area contributed by atoms with E-state index in [1.165, 1.54) is 12.8 Å². The topological polar surface area (TPSA) is 0 Å². The number of halogens is 3. The van der Waals surface area contributed by atoms with Crippen molar-refractivity contribution in [1.82, 2.24) is 0 Å². The summed E-state index contributed by atoms with van der Waals surface area (Å²) < 4.78 is 0.765. The molecular formula is C13H13Cl3Ti. The van der Waals surface area contributed by atoms with Crippen LogP contribution in [-0.2, 0) is 20.4 Å². The van der Waals surface area contributed by atoms with Crippen LogP contribution in [0.1, 0.15) is 34.1 Å². The van der Waals surface area contributed by atoms with Crippen LogP contribution in [-0.4, -0.2) is 0 Å². The molecule has 0 saturated heterocycles. The molecule has 90 valence electrons. The van der Waals surface area contributed by atoms with Gasteiger partial charge < -0.3 is 37.2 Å². The maximum atomic E-state index is 2.43. The predicted octanol–water partition coefficient (Wildman–Crippen LogP) is -5.65. The van der Waals surface area contributed by atoms with Crippen molar-refractivity contribution in [2.45, 2.75) is 23.0 Å². The number of allylic oxidation sites excluding steroid dienone is 2. The molecule has 0 aliphatic heterocycles. The quantitative estimate of drug-likeness (QED) is 0.330. The van der Waals surface area contributed by atoms with Crippen molar-refractivity contribution in [2.24, 2.45) is 5.92 Å². The Morgan fingerprint density at radius 2 is 1.65 bits per heavy atom. The second-order valence-electron chi connectivity index (χ2n) is 4.30. The first kappa shape index (κ1) is 17.5. The Balaban J connectivity index is 0.000000853. The molecule has 0 bridgehead atoms. The van der Waals surface area contributed by atoms with Crippen LogP contribution in [0.3, 0.4) is 0 Å². The second kappa shape index (κ2) is 7.21. The van der Waals surface area contributed by atoms with Crippen molar-refractivity contribution in [3.63, 3.8) is 0 Å². The predicted molar refractivity (Wildman–Crippen MR) is 53.8 cm³/mol. The average Bonchev–Trinajstić information content (AvgIpc) is 2.55. The van der Waals surface area contributed by atoms with Gasteiger partial charge in [-0.25, -0.2) is 0 Å². The molecular weight excluding hydrogens is 310 g/mol. The van der Waals surface area contributed by atoms with E-state index in [-0.39, 0.29) is 37.2 Å². The normalized spacial score (nSPS) is 28.0. The summed E-state index contributed by atoms with van der Waals surface area (Å²) in [4.78, 5) is 0. The molecule has 2 aliphatic carbocycles. The molecule has 0 radical (unpaired) electrons. The summed E-state index contributed by atoms with van der Waals surface area (Å²) in [5.74, 6) is 1.59. The Bertz CT molecular complexity index is 392. The first-order valence-corrected chi connectivity index (χ1v) is 6.24. The monoisotopic (exact) mass is 322 g/mol. The van der Waals surface area contributed by atoms with E-state index >= 15 is 0 Å². The molecule has 3 atom stereocenters. The van der Waals surface area contributed by atoms with Gasteiger partial charge in [0.2, 0.25) is 0 Å². The molecule has 0 fully saturated rings. The number of rotatable bonds is 0. The number of benzene rings is 1. The van der Waals surface area contributed by atoms with Crippen molar-refractivity contribution in [1.29, 1.82) is 0 Å². The Hall–Kier alpha value is 0.544. The first-order chi connectivity index (χ1) is 6.88. The van der Waals surface area contributed by atoms with Crippen LogP contribution in [0.4, 0.5) is 0 Å². The van der Waals surface area contributed by atoms with E-state index in [4.69, 9.17) is 0 Å². The van der Waals surface area contributed by atoms with E-state index in [1.807, 2.05) is 0 Å². The molecule has 4 heteroatoms. The first-order valence-electron chi connectivity index (χ1n) is 5.34. The van der Waals surface area contributed by atoms with Gasteiger partial charge in [0, 0.05) is 0 Å². The fourth-order valence-electron chi connectivity index (χ4n) is 2.89. The third-order valence-corrected chi connectivity index (χ3v) is 4.74. The summed E-state index contributed by atoms with van der Waals surface area (Å²) in [5.41, 5.74) is 3.18. The Morgan fingerprint density at radius 1 is 1.00 bits per heavy atom. The summed E-state index contributed by atoms with van der Waals surface area (Å²) in [7, 11) is 0. The van der Waals surface area contributed by atoms with Crippen molar-refractivity contribution < 1.29 is 57.7 Å². The second-order valence-corrected chi connectivity index (χ2v) is 5.27. The van der Waals surface area contributed by atoms with Crippen LogP contribution in [0.15, 0.2) is 36.4 Å². The van der Waals surface area contributed by atoms with Gasteiger partial charge in [0.25, 0.3) is 0 Å². The molecule has 0 heterocycles.